The maximum Gasteiger partial charge on any atom is 1.00 e. The van der Waals surface area contributed by atoms with Crippen LogP contribution in [0.3, 0.4) is 0 Å². The molecule has 6 aromatic carbocycles. The molecular formula is C66H73LiN6. The minimum atomic E-state index is -0.0592. The Morgan fingerprint density at radius 1 is 0.507 bits per heavy atom. The van der Waals surface area contributed by atoms with Crippen molar-refractivity contribution in [2.24, 2.45) is 4.99 Å². The van der Waals surface area contributed by atoms with Gasteiger partial charge in [0, 0.05) is 41.3 Å². The molecule has 0 saturated heterocycles. The van der Waals surface area contributed by atoms with Crippen molar-refractivity contribution in [2.75, 3.05) is 29.0 Å². The molecule has 7 heteroatoms. The molecule has 6 nitrogen and oxygen atoms in total. The molecule has 0 bridgehead atoms. The molecule has 0 radical (unpaired) electrons. The van der Waals surface area contributed by atoms with E-state index in [0.29, 0.717) is 23.7 Å². The van der Waals surface area contributed by atoms with E-state index in [2.05, 4.69) is 211 Å². The Morgan fingerprint density at radius 2 is 0.986 bits per heavy atom. The van der Waals surface area contributed by atoms with Crippen molar-refractivity contribution in [3.05, 3.63) is 226 Å². The molecule has 2 aromatic heterocycles. The first-order valence-corrected chi connectivity index (χ1v) is 26.3. The first-order valence-electron chi connectivity index (χ1n) is 26.3. The van der Waals surface area contributed by atoms with Crippen molar-refractivity contribution in [1.29, 1.82) is 0 Å². The number of anilines is 3. The zero-order valence-corrected chi connectivity index (χ0v) is 44.7. The van der Waals surface area contributed by atoms with Crippen LogP contribution in [0.5, 0.6) is 0 Å². The fourth-order valence-corrected chi connectivity index (χ4v) is 9.85. The van der Waals surface area contributed by atoms with E-state index >= 15 is 0 Å². The summed E-state index contributed by atoms with van der Waals surface area (Å²) in [6, 6.07) is 62.1. The molecular weight excluding hydrogens is 884 g/mol. The van der Waals surface area contributed by atoms with Gasteiger partial charge in [-0.15, -0.1) is 0 Å². The summed E-state index contributed by atoms with van der Waals surface area (Å²) in [7, 11) is 0. The van der Waals surface area contributed by atoms with Gasteiger partial charge in [0.05, 0.1) is 40.7 Å². The van der Waals surface area contributed by atoms with Crippen molar-refractivity contribution in [2.45, 2.75) is 111 Å². The Morgan fingerprint density at radius 3 is 1.49 bits per heavy atom. The topological polar surface area (TPSA) is 74.2 Å². The van der Waals surface area contributed by atoms with Crippen molar-refractivity contribution >= 4 is 29.0 Å². The predicted octanol–water partition coefficient (Wildman–Crippen LogP) is 14.1. The van der Waals surface area contributed by atoms with Gasteiger partial charge in [-0.05, 0) is 113 Å². The SMILES string of the molecule is CC(C)c1cccc(C(C)C)c1N=Cc1cccc(-c2cccc3c2NCCC3)n1.CC(C)c1cccc(C(C)C)c1NC(c1ccccc1)c1cccc(-c2cccc3c2NCCC3)n1.[Li+].[c-]1ccccc1. The minimum absolute atomic E-state index is 0. The first-order chi connectivity index (χ1) is 35.1. The molecule has 0 saturated carbocycles. The van der Waals surface area contributed by atoms with Crippen molar-refractivity contribution < 1.29 is 18.9 Å². The third kappa shape index (κ3) is 13.7. The Kier molecular flexibility index (Phi) is 19.5. The summed E-state index contributed by atoms with van der Waals surface area (Å²) >= 11 is 0. The third-order valence-corrected chi connectivity index (χ3v) is 13.6. The fourth-order valence-electron chi connectivity index (χ4n) is 9.85. The van der Waals surface area contributed by atoms with E-state index in [1.807, 2.05) is 42.6 Å². The zero-order valence-electron chi connectivity index (χ0n) is 44.7. The van der Waals surface area contributed by atoms with Gasteiger partial charge in [0.25, 0.3) is 0 Å². The molecule has 368 valence electrons. The Labute approximate surface area is 448 Å². The number of para-hydroxylation sites is 4. The molecule has 1 unspecified atom stereocenters. The molecule has 1 atom stereocenters. The van der Waals surface area contributed by atoms with Crippen LogP contribution in [-0.2, 0) is 12.8 Å². The summed E-state index contributed by atoms with van der Waals surface area (Å²) in [6.07, 6.45) is 6.52. The monoisotopic (exact) mass is 957 g/mol. The smallest absolute Gasteiger partial charge is 0.384 e. The predicted molar refractivity (Wildman–Crippen MR) is 307 cm³/mol. The van der Waals surface area contributed by atoms with Crippen LogP contribution in [0, 0.1) is 6.07 Å². The summed E-state index contributed by atoms with van der Waals surface area (Å²) in [4.78, 5) is 15.1. The van der Waals surface area contributed by atoms with Crippen LogP contribution < -0.4 is 34.8 Å². The van der Waals surface area contributed by atoms with Gasteiger partial charge in [0.2, 0.25) is 0 Å². The van der Waals surface area contributed by atoms with Crippen LogP contribution in [0.15, 0.2) is 175 Å². The molecule has 8 aromatic rings. The maximum atomic E-state index is 5.27. The quantitative estimate of drug-likeness (QED) is 0.0646. The van der Waals surface area contributed by atoms with Crippen LogP contribution in [0.4, 0.5) is 22.7 Å². The summed E-state index contributed by atoms with van der Waals surface area (Å²) in [5.41, 5.74) is 20.3. The van der Waals surface area contributed by atoms with Crippen molar-refractivity contribution in [3.63, 3.8) is 0 Å². The number of nitrogens with zero attached hydrogens (tertiary/aromatic N) is 3. The molecule has 0 fully saturated rings. The number of rotatable bonds is 12. The Balaban J connectivity index is 0.000000191. The molecule has 10 rings (SSSR count). The molecule has 0 amide bonds. The Hall–Kier alpha value is -6.71. The molecule has 4 heterocycles. The molecule has 0 aliphatic carbocycles. The molecule has 2 aliphatic rings. The molecule has 73 heavy (non-hydrogen) atoms. The summed E-state index contributed by atoms with van der Waals surface area (Å²) in [5.74, 6) is 1.70. The summed E-state index contributed by atoms with van der Waals surface area (Å²) in [6.45, 7) is 20.0. The number of nitrogens with one attached hydrogen (secondary N) is 3. The number of aromatic nitrogens is 2. The average molecular weight is 957 g/mol. The van der Waals surface area contributed by atoms with E-state index in [4.69, 9.17) is 15.0 Å². The van der Waals surface area contributed by atoms with Gasteiger partial charge in [-0.2, -0.15) is 36.4 Å². The van der Waals surface area contributed by atoms with Crippen LogP contribution >= 0.6 is 0 Å². The number of hydrogen-bond donors (Lipinski definition) is 3. The van der Waals surface area contributed by atoms with Gasteiger partial charge in [0.15, 0.2) is 0 Å². The number of hydrogen-bond acceptors (Lipinski definition) is 6. The van der Waals surface area contributed by atoms with E-state index in [9.17, 15) is 0 Å². The minimum Gasteiger partial charge on any atom is -0.384 e. The van der Waals surface area contributed by atoms with E-state index in [1.54, 1.807) is 0 Å². The van der Waals surface area contributed by atoms with Crippen LogP contribution in [0.25, 0.3) is 22.5 Å². The number of fused-ring (bicyclic) bond motifs is 2. The Bertz CT molecular complexity index is 2950. The first kappa shape index (κ1) is 54.1. The molecule has 2 aliphatic heterocycles. The number of aryl methyl sites for hydroxylation is 2. The van der Waals surface area contributed by atoms with Crippen molar-refractivity contribution in [1.82, 2.24) is 9.97 Å². The standard InChI is InChI=1S/C33H37N3.C27H31N3.C6H5.Li/c1-22(2)26-16-9-17-27(23(3)4)33(26)36-32(25-12-6-5-7-13-25)30-20-10-19-29(35-30)28-18-8-14-24-15-11-21-34-31(24)28;1-18(2)22-12-7-13-23(19(3)4)27(22)29-17-21-11-6-15-25(30-21)24-14-5-9-20-10-8-16-28-26(20)24;1-2-4-6-5-3-1;/h5-10,12-14,16-20,22-23,32,34,36H,11,15,21H2,1-4H3;5-7,9,11-15,17-19,28H,8,10,16H2,1-4H3;1-5H;/q;;-1;+1. The number of benzene rings is 6. The molecule has 0 spiro atoms. The second-order valence-corrected chi connectivity index (χ2v) is 20.2. The maximum absolute atomic E-state index is 5.27. The summed E-state index contributed by atoms with van der Waals surface area (Å²) in [5, 5.41) is 11.2. The van der Waals surface area contributed by atoms with Gasteiger partial charge in [-0.3, -0.25) is 9.98 Å². The average Bonchev–Trinajstić information content (AvgIpc) is 3.42. The van der Waals surface area contributed by atoms with E-state index in [0.717, 1.165) is 54.4 Å². The van der Waals surface area contributed by atoms with Gasteiger partial charge in [-0.1, -0.05) is 171 Å². The van der Waals surface area contributed by atoms with E-state index < -0.39 is 0 Å². The summed E-state index contributed by atoms with van der Waals surface area (Å²) < 4.78 is 0. The third-order valence-electron chi connectivity index (χ3n) is 13.6. The fraction of sp³-hybridized carbons (Fsp3) is 0.288. The van der Waals surface area contributed by atoms with Crippen LogP contribution in [0.2, 0.25) is 0 Å². The van der Waals surface area contributed by atoms with Gasteiger partial charge < -0.3 is 16.0 Å². The zero-order chi connectivity index (χ0) is 50.4. The number of aliphatic imine (C=N–C) groups is 1. The second kappa shape index (κ2) is 26.3. The van der Waals surface area contributed by atoms with Crippen LogP contribution in [-0.4, -0.2) is 29.3 Å². The van der Waals surface area contributed by atoms with Crippen LogP contribution in [0.1, 0.15) is 148 Å². The van der Waals surface area contributed by atoms with E-state index in [-0.39, 0.29) is 24.9 Å². The van der Waals surface area contributed by atoms with Gasteiger partial charge in [0.1, 0.15) is 0 Å². The van der Waals surface area contributed by atoms with Gasteiger partial charge in [-0.25, -0.2) is 4.98 Å². The number of pyridine rings is 2. The normalized spacial score (nSPS) is 13.1. The second-order valence-electron chi connectivity index (χ2n) is 20.2. The largest absolute Gasteiger partial charge is 1.00 e. The molecule has 3 N–H and O–H groups in total. The van der Waals surface area contributed by atoms with Crippen molar-refractivity contribution in [3.8, 4) is 22.5 Å². The van der Waals surface area contributed by atoms with E-state index in [1.165, 1.54) is 80.0 Å². The van der Waals surface area contributed by atoms with Gasteiger partial charge >= 0.3 is 18.9 Å².